The van der Waals surface area contributed by atoms with Gasteiger partial charge in [-0.05, 0) is 17.5 Å². The molecule has 3 rings (SSSR count). The lowest BCUT2D eigenvalue weighted by Crippen LogP contribution is -2.44. The minimum absolute atomic E-state index is 0.0747. The number of nitrogens with zero attached hydrogens (tertiary/aromatic N) is 3. The highest BCUT2D eigenvalue weighted by Crippen LogP contribution is 2.36. The van der Waals surface area contributed by atoms with E-state index in [2.05, 4.69) is 29.8 Å². The monoisotopic (exact) mass is 492 g/mol. The normalized spacial score (nSPS) is 13.1. The van der Waals surface area contributed by atoms with Crippen molar-refractivity contribution in [3.8, 4) is 11.3 Å². The van der Waals surface area contributed by atoms with E-state index in [9.17, 15) is 17.2 Å². The average molecular weight is 493 g/mol. The molecule has 182 valence electrons. The van der Waals surface area contributed by atoms with E-state index in [4.69, 9.17) is 11.3 Å². The first-order valence-corrected chi connectivity index (χ1v) is 12.0. The Morgan fingerprint density at radius 1 is 1.29 bits per heavy atom. The number of sulfonamides is 1. The number of aromatic amines is 1. The Kier molecular flexibility index (Phi) is 7.50. The van der Waals surface area contributed by atoms with Crippen LogP contribution in [0.4, 0.5) is 20.3 Å². The van der Waals surface area contributed by atoms with Crippen molar-refractivity contribution in [1.82, 2.24) is 19.7 Å². The second-order valence-electron chi connectivity index (χ2n) is 8.78. The number of aromatic nitrogens is 3. The van der Waals surface area contributed by atoms with Gasteiger partial charge in [0.1, 0.15) is 11.5 Å². The lowest BCUT2D eigenvalue weighted by atomic mass is 9.88. The smallest absolute Gasteiger partial charge is 0.216 e. The van der Waals surface area contributed by atoms with Crippen molar-refractivity contribution >= 4 is 32.6 Å². The van der Waals surface area contributed by atoms with Crippen molar-refractivity contribution in [2.24, 2.45) is 5.41 Å². The largest absolute Gasteiger partial charge is 0.383 e. The number of ether oxygens (including phenoxy) is 1. The van der Waals surface area contributed by atoms with Gasteiger partial charge >= 0.3 is 0 Å². The highest BCUT2D eigenvalue weighted by atomic mass is 32.2. The first kappa shape index (κ1) is 25.5. The number of nitrogens with one attached hydrogen (secondary N) is 3. The Hall–Kier alpha value is -3.14. The van der Waals surface area contributed by atoms with Gasteiger partial charge in [0.2, 0.25) is 15.7 Å². The number of fused-ring (bicyclic) bond motifs is 1. The van der Waals surface area contributed by atoms with Gasteiger partial charge in [0.15, 0.2) is 11.6 Å². The Morgan fingerprint density at radius 3 is 2.68 bits per heavy atom. The molecule has 0 aliphatic carbocycles. The molecule has 0 saturated carbocycles. The summed E-state index contributed by atoms with van der Waals surface area (Å²) >= 11 is 0. The Labute approximate surface area is 196 Å². The van der Waals surface area contributed by atoms with Crippen LogP contribution in [0.3, 0.4) is 0 Å². The first-order valence-electron chi connectivity index (χ1n) is 10.4. The van der Waals surface area contributed by atoms with Crippen LogP contribution >= 0.6 is 0 Å². The zero-order chi connectivity index (χ0) is 25.1. The van der Waals surface area contributed by atoms with Crippen LogP contribution in [0, 0.1) is 23.6 Å². The Balaban J connectivity index is 2.01. The molecule has 34 heavy (non-hydrogen) atoms. The summed E-state index contributed by atoms with van der Waals surface area (Å²) in [5, 5.41) is 3.29. The molecule has 0 spiro atoms. The molecule has 3 N–H and O–H groups in total. The van der Waals surface area contributed by atoms with Crippen molar-refractivity contribution in [2.45, 2.75) is 26.8 Å². The molecule has 1 atom stereocenters. The van der Waals surface area contributed by atoms with Crippen LogP contribution in [0.15, 0.2) is 24.5 Å². The van der Waals surface area contributed by atoms with Crippen molar-refractivity contribution in [3.63, 3.8) is 0 Å². The summed E-state index contributed by atoms with van der Waals surface area (Å²) in [6, 6.07) is 1.54. The molecule has 9 nitrogen and oxygen atoms in total. The van der Waals surface area contributed by atoms with Crippen molar-refractivity contribution in [1.29, 1.82) is 0 Å². The van der Waals surface area contributed by atoms with Gasteiger partial charge in [-0.15, -0.1) is 0 Å². The number of H-pyrrole nitrogens is 1. The predicted octanol–water partition coefficient (Wildman–Crippen LogP) is 3.85. The molecule has 0 aliphatic rings. The summed E-state index contributed by atoms with van der Waals surface area (Å²) in [4.78, 5) is 14.5. The summed E-state index contributed by atoms with van der Waals surface area (Å²) < 4.78 is 61.2. The predicted molar refractivity (Wildman–Crippen MR) is 126 cm³/mol. The number of hydrogen-bond donors (Lipinski definition) is 3. The number of hydrogen-bond acceptors (Lipinski definition) is 6. The Bertz CT molecular complexity index is 1330. The van der Waals surface area contributed by atoms with Crippen LogP contribution in [0.25, 0.3) is 27.1 Å². The van der Waals surface area contributed by atoms with Gasteiger partial charge in [-0.2, -0.15) is 0 Å². The fourth-order valence-electron chi connectivity index (χ4n) is 3.29. The number of pyridine rings is 2. The molecule has 0 unspecified atom stereocenters. The van der Waals surface area contributed by atoms with Crippen LogP contribution in [0.2, 0.25) is 0 Å². The van der Waals surface area contributed by atoms with Gasteiger partial charge in [0, 0.05) is 36.8 Å². The molecule has 0 aliphatic heterocycles. The Morgan fingerprint density at radius 2 is 2.03 bits per heavy atom. The third kappa shape index (κ3) is 5.85. The summed E-state index contributed by atoms with van der Waals surface area (Å²) in [6.45, 7) is 13.2. The number of rotatable bonds is 9. The molecular weight excluding hydrogens is 466 g/mol. The molecule has 12 heteroatoms. The maximum absolute atomic E-state index is 14.9. The van der Waals surface area contributed by atoms with E-state index in [0.29, 0.717) is 16.6 Å². The first-order chi connectivity index (χ1) is 15.9. The van der Waals surface area contributed by atoms with Crippen LogP contribution in [-0.2, 0) is 14.8 Å². The van der Waals surface area contributed by atoms with E-state index in [0.717, 1.165) is 12.3 Å². The molecule has 0 bridgehead atoms. The average Bonchev–Trinajstić information content (AvgIpc) is 3.16. The molecule has 3 aromatic heterocycles. The molecule has 3 aromatic rings. The van der Waals surface area contributed by atoms with Crippen LogP contribution < -0.4 is 10.0 Å². The van der Waals surface area contributed by atoms with Gasteiger partial charge in [-0.1, -0.05) is 20.8 Å². The summed E-state index contributed by atoms with van der Waals surface area (Å²) in [6.07, 6.45) is 2.57. The fraction of sp³-hybridized carbons (Fsp3) is 0.409. The van der Waals surface area contributed by atoms with Crippen molar-refractivity contribution in [2.75, 3.05) is 31.3 Å². The second kappa shape index (κ2) is 10.0. The highest BCUT2D eigenvalue weighted by Gasteiger charge is 2.31. The van der Waals surface area contributed by atoms with E-state index >= 15 is 0 Å². The van der Waals surface area contributed by atoms with Crippen molar-refractivity contribution in [3.05, 3.63) is 47.6 Å². The summed E-state index contributed by atoms with van der Waals surface area (Å²) in [5.74, 6) is -1.94. The zero-order valence-corrected chi connectivity index (χ0v) is 20.1. The second-order valence-corrected chi connectivity index (χ2v) is 10.6. The van der Waals surface area contributed by atoms with E-state index in [-0.39, 0.29) is 36.1 Å². The summed E-state index contributed by atoms with van der Waals surface area (Å²) in [7, 11) is -2.25. The third-order valence-electron chi connectivity index (χ3n) is 5.20. The standard InChI is InChI=1S/C22H26F2N6O3S/c1-22(2,3)18(12-34(31,32)28-6-7-33-5)29-21-16(24)9-17(25-4)19(30-21)15-11-27-20-14(15)8-13(23)10-26-20/h8-11,18,28H,6-7,12H2,1-3,5H3,(H,26,27)(H,29,30)/t18-/m1/s1. The van der Waals surface area contributed by atoms with Gasteiger partial charge in [-0.25, -0.2) is 36.7 Å². The molecule has 0 fully saturated rings. The minimum Gasteiger partial charge on any atom is -0.383 e. The SMILES string of the molecule is [C-]#[N+]c1cc(F)c(N[C@H](CS(=O)(=O)NCCOC)C(C)(C)C)nc1-c1c[nH]c2ncc(F)cc12. The van der Waals surface area contributed by atoms with Crippen LogP contribution in [0.5, 0.6) is 0 Å². The van der Waals surface area contributed by atoms with E-state index in [1.807, 2.05) is 20.8 Å². The van der Waals surface area contributed by atoms with E-state index in [1.165, 1.54) is 19.4 Å². The molecule has 0 saturated heterocycles. The molecule has 0 radical (unpaired) electrons. The molecular formula is C22H26F2N6O3S. The molecule has 0 amide bonds. The van der Waals surface area contributed by atoms with Crippen LogP contribution in [-0.4, -0.2) is 55.4 Å². The van der Waals surface area contributed by atoms with Gasteiger partial charge < -0.3 is 15.0 Å². The summed E-state index contributed by atoms with van der Waals surface area (Å²) in [5.41, 5.74) is 0.197. The topological polar surface area (TPSA) is 113 Å². The number of anilines is 1. The van der Waals surface area contributed by atoms with Crippen molar-refractivity contribution < 1.29 is 21.9 Å². The van der Waals surface area contributed by atoms with Gasteiger partial charge in [-0.3, -0.25) is 0 Å². The zero-order valence-electron chi connectivity index (χ0n) is 19.2. The maximum Gasteiger partial charge on any atom is 0.216 e. The van der Waals surface area contributed by atoms with Crippen LogP contribution in [0.1, 0.15) is 20.8 Å². The quantitative estimate of drug-likeness (QED) is 0.309. The van der Waals surface area contributed by atoms with Gasteiger partial charge in [0.05, 0.1) is 30.8 Å². The lowest BCUT2D eigenvalue weighted by molar-refractivity contribution is 0.204. The minimum atomic E-state index is -3.72. The third-order valence-corrected chi connectivity index (χ3v) is 6.62. The number of halogens is 2. The maximum atomic E-state index is 14.9. The molecule has 3 heterocycles. The highest BCUT2D eigenvalue weighted by molar-refractivity contribution is 7.89. The van der Waals surface area contributed by atoms with Gasteiger partial charge in [0.25, 0.3) is 0 Å². The molecule has 0 aromatic carbocycles. The lowest BCUT2D eigenvalue weighted by Gasteiger charge is -2.32. The fourth-order valence-corrected chi connectivity index (χ4v) is 4.82. The van der Waals surface area contributed by atoms with E-state index < -0.39 is 33.1 Å². The number of methoxy groups -OCH3 is 1. The van der Waals surface area contributed by atoms with E-state index in [1.54, 1.807) is 0 Å².